The molecule has 1 aliphatic heterocycles. The van der Waals surface area contributed by atoms with Crippen molar-refractivity contribution in [2.75, 3.05) is 19.7 Å². The van der Waals surface area contributed by atoms with Gasteiger partial charge in [0.2, 0.25) is 5.89 Å². The summed E-state index contributed by atoms with van der Waals surface area (Å²) in [5.41, 5.74) is 0.966. The van der Waals surface area contributed by atoms with Crippen LogP contribution in [0.2, 0.25) is 0 Å². The Morgan fingerprint density at radius 2 is 2.35 bits per heavy atom. The zero-order valence-electron chi connectivity index (χ0n) is 12.7. The largest absolute Gasteiger partial charge is 0.444 e. The highest BCUT2D eigenvalue weighted by Crippen LogP contribution is 2.24. The Labute approximate surface area is 138 Å². The molecule has 7 heteroatoms. The maximum absolute atomic E-state index is 5.84. The van der Waals surface area contributed by atoms with Crippen LogP contribution >= 0.6 is 11.3 Å². The third kappa shape index (κ3) is 3.52. The van der Waals surface area contributed by atoms with Gasteiger partial charge in [0.1, 0.15) is 6.26 Å². The minimum absolute atomic E-state index is 0.160. The molecule has 4 heterocycles. The molecule has 120 valence electrons. The summed E-state index contributed by atoms with van der Waals surface area (Å²) in [6.07, 6.45) is 5.68. The molecule has 0 N–H and O–H groups in total. The first-order chi connectivity index (χ1) is 11.4. The Morgan fingerprint density at radius 1 is 1.35 bits per heavy atom. The second-order valence-electron chi connectivity index (χ2n) is 5.58. The fourth-order valence-electron chi connectivity index (χ4n) is 2.77. The topological polar surface area (TPSA) is 56.3 Å². The molecule has 1 fully saturated rings. The Hall–Kier alpha value is -1.96. The van der Waals surface area contributed by atoms with Gasteiger partial charge in [-0.2, -0.15) is 5.10 Å². The molecule has 0 spiro atoms. The molecule has 3 aromatic heterocycles. The molecule has 0 aromatic carbocycles. The second-order valence-corrected chi connectivity index (χ2v) is 6.53. The summed E-state index contributed by atoms with van der Waals surface area (Å²) in [4.78, 5) is 8.01. The van der Waals surface area contributed by atoms with Crippen LogP contribution in [0.15, 0.2) is 46.7 Å². The van der Waals surface area contributed by atoms with E-state index in [1.165, 1.54) is 0 Å². The van der Waals surface area contributed by atoms with Gasteiger partial charge in [-0.15, -0.1) is 11.3 Å². The molecule has 3 aromatic rings. The van der Waals surface area contributed by atoms with Crippen LogP contribution in [-0.4, -0.2) is 45.5 Å². The van der Waals surface area contributed by atoms with Crippen molar-refractivity contribution in [2.45, 2.75) is 19.2 Å². The number of nitrogens with zero attached hydrogens (tertiary/aromatic N) is 4. The molecule has 0 saturated carbocycles. The predicted molar refractivity (Wildman–Crippen MR) is 87.1 cm³/mol. The van der Waals surface area contributed by atoms with Crippen LogP contribution in [0.1, 0.15) is 5.69 Å². The lowest BCUT2D eigenvalue weighted by Gasteiger charge is -2.32. The Bertz CT molecular complexity index is 723. The lowest BCUT2D eigenvalue weighted by atomic mass is 10.2. The summed E-state index contributed by atoms with van der Waals surface area (Å²) in [5.74, 6) is 0.705. The third-order valence-corrected chi connectivity index (χ3v) is 4.70. The number of hydrogen-bond donors (Lipinski definition) is 0. The molecule has 0 radical (unpaired) electrons. The highest BCUT2D eigenvalue weighted by atomic mass is 32.1. The number of ether oxygens (including phenoxy) is 1. The van der Waals surface area contributed by atoms with Gasteiger partial charge in [-0.1, -0.05) is 6.07 Å². The van der Waals surface area contributed by atoms with Crippen molar-refractivity contribution in [3.63, 3.8) is 0 Å². The smallest absolute Gasteiger partial charge is 0.236 e. The summed E-state index contributed by atoms with van der Waals surface area (Å²) < 4.78 is 13.3. The Morgan fingerprint density at radius 3 is 3.17 bits per heavy atom. The number of aromatic nitrogens is 3. The fraction of sp³-hybridized carbons (Fsp3) is 0.375. The van der Waals surface area contributed by atoms with E-state index in [2.05, 4.69) is 15.0 Å². The lowest BCUT2D eigenvalue weighted by molar-refractivity contribution is -0.0405. The van der Waals surface area contributed by atoms with E-state index in [0.29, 0.717) is 5.89 Å². The van der Waals surface area contributed by atoms with Gasteiger partial charge in [0, 0.05) is 32.0 Å². The van der Waals surface area contributed by atoms with Crippen LogP contribution in [-0.2, 0) is 17.8 Å². The second kappa shape index (κ2) is 6.66. The van der Waals surface area contributed by atoms with Crippen molar-refractivity contribution >= 4 is 11.3 Å². The van der Waals surface area contributed by atoms with Gasteiger partial charge in [0.25, 0.3) is 0 Å². The van der Waals surface area contributed by atoms with E-state index in [1.54, 1.807) is 23.8 Å². The van der Waals surface area contributed by atoms with Gasteiger partial charge in [-0.25, -0.2) is 4.98 Å². The molecule has 6 nitrogen and oxygen atoms in total. The van der Waals surface area contributed by atoms with Crippen LogP contribution in [0.3, 0.4) is 0 Å². The number of morpholine rings is 1. The number of hydrogen-bond acceptors (Lipinski definition) is 6. The van der Waals surface area contributed by atoms with Crippen LogP contribution < -0.4 is 0 Å². The van der Waals surface area contributed by atoms with Gasteiger partial charge in [0.15, 0.2) is 0 Å². The first-order valence-corrected chi connectivity index (χ1v) is 8.54. The summed E-state index contributed by atoms with van der Waals surface area (Å²) in [5, 5.41) is 6.27. The third-order valence-electron chi connectivity index (χ3n) is 3.84. The summed E-state index contributed by atoms with van der Waals surface area (Å²) in [6, 6.07) is 5.96. The maximum atomic E-state index is 5.84. The van der Waals surface area contributed by atoms with Crippen molar-refractivity contribution in [1.29, 1.82) is 0 Å². The summed E-state index contributed by atoms with van der Waals surface area (Å²) >= 11 is 1.64. The molecule has 4 rings (SSSR count). The van der Waals surface area contributed by atoms with E-state index in [-0.39, 0.29) is 6.10 Å². The predicted octanol–water partition coefficient (Wildman–Crippen LogP) is 2.50. The summed E-state index contributed by atoms with van der Waals surface area (Å²) in [7, 11) is 0. The molecular formula is C16H18N4O2S. The highest BCUT2D eigenvalue weighted by molar-refractivity contribution is 7.13. The van der Waals surface area contributed by atoms with Gasteiger partial charge in [-0.05, 0) is 17.5 Å². The Balaban J connectivity index is 1.37. The van der Waals surface area contributed by atoms with Crippen LogP contribution in [0.5, 0.6) is 0 Å². The van der Waals surface area contributed by atoms with E-state index in [1.807, 2.05) is 34.5 Å². The van der Waals surface area contributed by atoms with E-state index in [4.69, 9.17) is 9.15 Å². The van der Waals surface area contributed by atoms with E-state index < -0.39 is 0 Å². The zero-order chi connectivity index (χ0) is 15.5. The SMILES string of the molecule is c1csc(-c2nc(CN3CCO[C@H](Cn4cccn4)C3)co2)c1. The molecule has 1 saturated heterocycles. The van der Waals surface area contributed by atoms with Crippen molar-refractivity contribution in [2.24, 2.45) is 0 Å². The van der Waals surface area contributed by atoms with Crippen LogP contribution in [0.25, 0.3) is 10.8 Å². The zero-order valence-corrected chi connectivity index (χ0v) is 13.5. The van der Waals surface area contributed by atoms with Crippen molar-refractivity contribution in [1.82, 2.24) is 19.7 Å². The fourth-order valence-corrected chi connectivity index (χ4v) is 3.43. The van der Waals surface area contributed by atoms with E-state index >= 15 is 0 Å². The van der Waals surface area contributed by atoms with Crippen molar-refractivity contribution < 1.29 is 9.15 Å². The quantitative estimate of drug-likeness (QED) is 0.719. The molecule has 0 bridgehead atoms. The minimum Gasteiger partial charge on any atom is -0.444 e. The van der Waals surface area contributed by atoms with Crippen molar-refractivity contribution in [3.8, 4) is 10.8 Å². The van der Waals surface area contributed by atoms with Gasteiger partial charge in [0.05, 0.1) is 29.8 Å². The highest BCUT2D eigenvalue weighted by Gasteiger charge is 2.22. The Kier molecular flexibility index (Phi) is 4.23. The average Bonchev–Trinajstić information content (AvgIpc) is 3.30. The van der Waals surface area contributed by atoms with Gasteiger partial charge < -0.3 is 9.15 Å². The van der Waals surface area contributed by atoms with Crippen molar-refractivity contribution in [3.05, 3.63) is 47.9 Å². The minimum atomic E-state index is 0.160. The molecule has 1 atom stereocenters. The first kappa shape index (κ1) is 14.6. The lowest BCUT2D eigenvalue weighted by Crippen LogP contribution is -2.43. The van der Waals surface area contributed by atoms with E-state index in [9.17, 15) is 0 Å². The van der Waals surface area contributed by atoms with Crippen LogP contribution in [0, 0.1) is 0 Å². The summed E-state index contributed by atoms with van der Waals surface area (Å²) in [6.45, 7) is 4.09. The average molecular weight is 330 g/mol. The first-order valence-electron chi connectivity index (χ1n) is 7.66. The molecule has 1 aliphatic rings. The normalized spacial score (nSPS) is 19.2. The van der Waals surface area contributed by atoms with Crippen LogP contribution in [0.4, 0.5) is 0 Å². The molecule has 0 amide bonds. The van der Waals surface area contributed by atoms with E-state index in [0.717, 1.165) is 43.4 Å². The molecular weight excluding hydrogens is 312 g/mol. The number of thiophene rings is 1. The van der Waals surface area contributed by atoms with Gasteiger partial charge >= 0.3 is 0 Å². The molecule has 0 unspecified atom stereocenters. The molecule has 0 aliphatic carbocycles. The number of oxazole rings is 1. The standard InChI is InChI=1S/C16H18N4O2S/c1-3-15(23-8-1)16-18-13(12-22-16)9-19-6-7-21-14(10-19)11-20-5-2-4-17-20/h1-5,8,12,14H,6-7,9-11H2/t14-/m0/s1. The molecule has 23 heavy (non-hydrogen) atoms. The monoisotopic (exact) mass is 330 g/mol. The van der Waals surface area contributed by atoms with Gasteiger partial charge in [-0.3, -0.25) is 9.58 Å². The maximum Gasteiger partial charge on any atom is 0.236 e. The number of rotatable bonds is 5.